The Morgan fingerprint density at radius 2 is 2.19 bits per heavy atom. The lowest BCUT2D eigenvalue weighted by atomic mass is 9.90. The zero-order valence-corrected chi connectivity index (χ0v) is 16.6. The number of carbonyl (C=O) groups is 1. The van der Waals surface area contributed by atoms with Crippen molar-refractivity contribution in [2.24, 2.45) is 11.0 Å². The first-order chi connectivity index (χ1) is 12.7. The van der Waals surface area contributed by atoms with Crippen molar-refractivity contribution >= 4 is 50.3 Å². The molecular weight excluding hydrogens is 412 g/mol. The Hall–Kier alpha value is -1.99. The van der Waals surface area contributed by atoms with Crippen LogP contribution in [0, 0.1) is 5.92 Å². The molecule has 26 heavy (non-hydrogen) atoms. The highest BCUT2D eigenvalue weighted by Gasteiger charge is 2.15. The molecule has 0 bridgehead atoms. The van der Waals surface area contributed by atoms with E-state index in [4.69, 9.17) is 0 Å². The van der Waals surface area contributed by atoms with E-state index < -0.39 is 0 Å². The number of aromatic amines is 1. The highest BCUT2D eigenvalue weighted by atomic mass is 79.9. The zero-order chi connectivity index (χ0) is 17.9. The van der Waals surface area contributed by atoms with E-state index in [1.54, 1.807) is 5.38 Å². The summed E-state index contributed by atoms with van der Waals surface area (Å²) in [6, 6.07) is 6.06. The summed E-state index contributed by atoms with van der Waals surface area (Å²) in [7, 11) is 0. The SMILES string of the molecule is O=C(N/N=C/C1CCCCC1)c1csc(-c2c[nH]c3ccc(Br)cc23)n1. The number of carbonyl (C=O) groups excluding carboxylic acids is 1. The third-order valence-electron chi connectivity index (χ3n) is 4.71. The van der Waals surface area contributed by atoms with E-state index in [0.717, 1.165) is 38.8 Å². The fourth-order valence-corrected chi connectivity index (χ4v) is 4.50. The van der Waals surface area contributed by atoms with E-state index in [9.17, 15) is 4.79 Å². The molecule has 1 aromatic carbocycles. The first-order valence-electron chi connectivity index (χ1n) is 8.77. The molecule has 3 aromatic rings. The summed E-state index contributed by atoms with van der Waals surface area (Å²) in [6.07, 6.45) is 9.94. The van der Waals surface area contributed by atoms with Gasteiger partial charge in [0, 0.05) is 38.7 Å². The third-order valence-corrected chi connectivity index (χ3v) is 6.08. The molecule has 1 amide bonds. The number of nitrogens with zero attached hydrogens (tertiary/aromatic N) is 2. The van der Waals surface area contributed by atoms with Gasteiger partial charge in [-0.1, -0.05) is 35.2 Å². The molecule has 0 radical (unpaired) electrons. The van der Waals surface area contributed by atoms with Crippen molar-refractivity contribution < 1.29 is 4.79 Å². The van der Waals surface area contributed by atoms with Gasteiger partial charge in [-0.15, -0.1) is 11.3 Å². The molecule has 7 heteroatoms. The van der Waals surface area contributed by atoms with Gasteiger partial charge in [-0.05, 0) is 37.0 Å². The van der Waals surface area contributed by atoms with Crippen LogP contribution in [0.4, 0.5) is 0 Å². The molecule has 1 aliphatic rings. The van der Waals surface area contributed by atoms with Crippen LogP contribution in [-0.2, 0) is 0 Å². The van der Waals surface area contributed by atoms with Crippen LogP contribution in [0.1, 0.15) is 42.6 Å². The summed E-state index contributed by atoms with van der Waals surface area (Å²) in [5.74, 6) is 0.222. The first-order valence-corrected chi connectivity index (χ1v) is 10.4. The maximum atomic E-state index is 12.3. The minimum absolute atomic E-state index is 0.263. The number of hydrogen-bond acceptors (Lipinski definition) is 4. The van der Waals surface area contributed by atoms with Gasteiger partial charge in [0.1, 0.15) is 10.7 Å². The van der Waals surface area contributed by atoms with Crippen molar-refractivity contribution in [1.82, 2.24) is 15.4 Å². The number of fused-ring (bicyclic) bond motifs is 1. The van der Waals surface area contributed by atoms with Gasteiger partial charge in [-0.2, -0.15) is 5.10 Å². The number of amides is 1. The molecule has 0 aliphatic heterocycles. The summed E-state index contributed by atoms with van der Waals surface area (Å²) >= 11 is 4.96. The molecule has 0 spiro atoms. The summed E-state index contributed by atoms with van der Waals surface area (Å²) < 4.78 is 1.01. The van der Waals surface area contributed by atoms with Gasteiger partial charge in [0.05, 0.1) is 0 Å². The van der Waals surface area contributed by atoms with Crippen molar-refractivity contribution in [3.05, 3.63) is 39.9 Å². The lowest BCUT2D eigenvalue weighted by Crippen LogP contribution is -2.19. The average molecular weight is 431 g/mol. The molecule has 1 fully saturated rings. The van der Waals surface area contributed by atoms with Crippen molar-refractivity contribution in [3.63, 3.8) is 0 Å². The number of halogens is 1. The van der Waals surface area contributed by atoms with Gasteiger partial charge >= 0.3 is 0 Å². The molecular formula is C19H19BrN4OS. The predicted octanol–water partition coefficient (Wildman–Crippen LogP) is 5.35. The van der Waals surface area contributed by atoms with E-state index >= 15 is 0 Å². The topological polar surface area (TPSA) is 70.1 Å². The Kier molecular flexibility index (Phi) is 5.17. The normalized spacial score (nSPS) is 15.7. The quantitative estimate of drug-likeness (QED) is 0.432. The Morgan fingerprint density at radius 3 is 3.04 bits per heavy atom. The van der Waals surface area contributed by atoms with Crippen LogP contribution in [-0.4, -0.2) is 22.1 Å². The maximum Gasteiger partial charge on any atom is 0.290 e. The van der Waals surface area contributed by atoms with Crippen molar-refractivity contribution in [2.75, 3.05) is 0 Å². The number of hydrogen-bond donors (Lipinski definition) is 2. The fourth-order valence-electron chi connectivity index (χ4n) is 3.31. The number of hydrazone groups is 1. The average Bonchev–Trinajstić information content (AvgIpc) is 3.29. The number of nitrogens with one attached hydrogen (secondary N) is 2. The van der Waals surface area contributed by atoms with Crippen LogP contribution in [0.3, 0.4) is 0 Å². The smallest absolute Gasteiger partial charge is 0.290 e. The molecule has 0 atom stereocenters. The van der Waals surface area contributed by atoms with Gasteiger partial charge in [0.2, 0.25) is 0 Å². The molecule has 4 rings (SSSR count). The first kappa shape index (κ1) is 17.4. The van der Waals surface area contributed by atoms with Gasteiger partial charge in [0.25, 0.3) is 5.91 Å². The minimum atomic E-state index is -0.263. The summed E-state index contributed by atoms with van der Waals surface area (Å²) in [4.78, 5) is 20.0. The summed E-state index contributed by atoms with van der Waals surface area (Å²) in [5.41, 5.74) is 5.05. The van der Waals surface area contributed by atoms with Gasteiger partial charge < -0.3 is 4.98 Å². The Bertz CT molecular complexity index is 956. The fraction of sp³-hybridized carbons (Fsp3) is 0.316. The minimum Gasteiger partial charge on any atom is -0.360 e. The van der Waals surface area contributed by atoms with E-state index in [2.05, 4.69) is 42.5 Å². The third kappa shape index (κ3) is 3.73. The Labute approximate surface area is 164 Å². The van der Waals surface area contributed by atoms with E-state index in [1.807, 2.05) is 24.5 Å². The molecule has 0 saturated heterocycles. The lowest BCUT2D eigenvalue weighted by Gasteiger charge is -2.16. The standard InChI is InChI=1S/C19H19BrN4OS/c20-13-6-7-16-14(8-13)15(10-21-16)19-23-17(11-26-19)18(25)24-22-9-12-4-2-1-3-5-12/h6-12,21H,1-5H2,(H,24,25)/b22-9+. The second-order valence-electron chi connectivity index (χ2n) is 6.55. The zero-order valence-electron chi connectivity index (χ0n) is 14.2. The van der Waals surface area contributed by atoms with Crippen LogP contribution in [0.25, 0.3) is 21.5 Å². The van der Waals surface area contributed by atoms with Crippen LogP contribution in [0.15, 0.2) is 39.4 Å². The maximum absolute atomic E-state index is 12.3. The van der Waals surface area contributed by atoms with Gasteiger partial charge in [0.15, 0.2) is 0 Å². The van der Waals surface area contributed by atoms with Crippen LogP contribution >= 0.6 is 27.3 Å². The number of H-pyrrole nitrogens is 1. The van der Waals surface area contributed by atoms with Gasteiger partial charge in [-0.3, -0.25) is 4.79 Å². The highest BCUT2D eigenvalue weighted by Crippen LogP contribution is 2.32. The van der Waals surface area contributed by atoms with Crippen LogP contribution in [0.2, 0.25) is 0 Å². The molecule has 2 heterocycles. The molecule has 0 unspecified atom stereocenters. The van der Waals surface area contributed by atoms with E-state index in [-0.39, 0.29) is 5.91 Å². The van der Waals surface area contributed by atoms with E-state index in [0.29, 0.717) is 11.6 Å². The number of benzene rings is 1. The number of rotatable bonds is 4. The summed E-state index contributed by atoms with van der Waals surface area (Å²) in [6.45, 7) is 0. The Morgan fingerprint density at radius 1 is 1.35 bits per heavy atom. The molecule has 1 saturated carbocycles. The van der Waals surface area contributed by atoms with Gasteiger partial charge in [-0.25, -0.2) is 10.4 Å². The summed E-state index contributed by atoms with van der Waals surface area (Å²) in [5, 5.41) is 7.80. The molecule has 2 aromatic heterocycles. The second kappa shape index (κ2) is 7.72. The van der Waals surface area contributed by atoms with Crippen LogP contribution in [0.5, 0.6) is 0 Å². The van der Waals surface area contributed by atoms with Crippen molar-refractivity contribution in [1.29, 1.82) is 0 Å². The van der Waals surface area contributed by atoms with Crippen LogP contribution < -0.4 is 5.43 Å². The van der Waals surface area contributed by atoms with Crippen molar-refractivity contribution in [2.45, 2.75) is 32.1 Å². The Balaban J connectivity index is 1.47. The molecule has 2 N–H and O–H groups in total. The monoisotopic (exact) mass is 430 g/mol. The lowest BCUT2D eigenvalue weighted by molar-refractivity contribution is 0.0950. The highest BCUT2D eigenvalue weighted by molar-refractivity contribution is 9.10. The van der Waals surface area contributed by atoms with Crippen molar-refractivity contribution in [3.8, 4) is 10.6 Å². The number of thiazole rings is 1. The molecule has 5 nitrogen and oxygen atoms in total. The van der Waals surface area contributed by atoms with E-state index in [1.165, 1.54) is 30.6 Å². The largest absolute Gasteiger partial charge is 0.360 e. The number of aromatic nitrogens is 2. The molecule has 134 valence electrons. The molecule has 1 aliphatic carbocycles. The second-order valence-corrected chi connectivity index (χ2v) is 8.32. The predicted molar refractivity (Wildman–Crippen MR) is 110 cm³/mol.